The van der Waals surface area contributed by atoms with Crippen LogP contribution in [0.3, 0.4) is 0 Å². The zero-order valence-corrected chi connectivity index (χ0v) is 25.8. The lowest BCUT2D eigenvalue weighted by Crippen LogP contribution is -2.32. The monoisotopic (exact) mass is 629 g/mol. The molecular weight excluding hydrogens is 592 g/mol. The van der Waals surface area contributed by atoms with Crippen molar-refractivity contribution in [2.24, 2.45) is 0 Å². The number of nitrogens with one attached hydrogen (secondary N) is 1. The van der Waals surface area contributed by atoms with Gasteiger partial charge in [-0.25, -0.2) is 4.67 Å². The molecule has 0 spiro atoms. The first kappa shape index (κ1) is 33.9. The van der Waals surface area contributed by atoms with Gasteiger partial charge in [0.2, 0.25) is 12.2 Å². The Hall–Kier alpha value is -2.57. The van der Waals surface area contributed by atoms with Gasteiger partial charge in [0.25, 0.3) is 14.4 Å². The number of rotatable bonds is 17. The molecule has 2 aromatic carbocycles. The van der Waals surface area contributed by atoms with Crippen LogP contribution in [0.4, 0.5) is 4.39 Å². The Bertz CT molecular complexity index is 1230. The standard InChI is InChI=1S/C28H38ClFN3O8P/c1-31-28(36)22(30)15-33(18-34)26-14-23(35)25(41-26)17-40-42(32(2)12-8-7-11-29)39-16-19-13-24(37-3)20-9-5-6-10-21(20)27(19)38-4/h5-6,9-10,13,15,18,23,25-26,35H,7-8,11-12,14,16-17H2,1-4H3,(H,31,36)/b22-15+. The average Bonchev–Trinajstić information content (AvgIpc) is 3.38. The van der Waals surface area contributed by atoms with Crippen LogP contribution in [0.1, 0.15) is 24.8 Å². The molecule has 1 fully saturated rings. The Morgan fingerprint density at radius 2 is 1.98 bits per heavy atom. The number of nitrogens with zero attached hydrogens (tertiary/aromatic N) is 2. The van der Waals surface area contributed by atoms with Gasteiger partial charge in [0.05, 0.1) is 39.7 Å². The number of likely N-dealkylation sites (N-methyl/N-ethyl adjacent to an activating group) is 1. The summed E-state index contributed by atoms with van der Waals surface area (Å²) in [6.07, 6.45) is -0.106. The van der Waals surface area contributed by atoms with Gasteiger partial charge in [-0.2, -0.15) is 4.39 Å². The van der Waals surface area contributed by atoms with E-state index in [1.807, 2.05) is 42.0 Å². The summed E-state index contributed by atoms with van der Waals surface area (Å²) in [7, 11) is 4.71. The molecule has 232 valence electrons. The lowest BCUT2D eigenvalue weighted by atomic mass is 10.0. The number of amides is 2. The van der Waals surface area contributed by atoms with Crippen molar-refractivity contribution in [1.29, 1.82) is 0 Å². The number of carbonyl (C=O) groups excluding carboxylic acids is 2. The van der Waals surface area contributed by atoms with Crippen LogP contribution < -0.4 is 14.8 Å². The number of hydrogen-bond acceptors (Lipinski definition) is 9. The van der Waals surface area contributed by atoms with Crippen molar-refractivity contribution in [3.8, 4) is 11.5 Å². The first-order valence-corrected chi connectivity index (χ1v) is 15.1. The van der Waals surface area contributed by atoms with Gasteiger partial charge < -0.3 is 33.7 Å². The Kier molecular flexibility index (Phi) is 13.7. The van der Waals surface area contributed by atoms with Crippen molar-refractivity contribution < 1.29 is 42.3 Å². The van der Waals surface area contributed by atoms with Crippen molar-refractivity contribution >= 4 is 43.2 Å². The Morgan fingerprint density at radius 3 is 2.62 bits per heavy atom. The fourth-order valence-electron chi connectivity index (χ4n) is 4.44. The molecule has 11 nitrogen and oxygen atoms in total. The molecule has 4 atom stereocenters. The minimum absolute atomic E-state index is 0.00270. The van der Waals surface area contributed by atoms with Crippen molar-refractivity contribution in [3.05, 3.63) is 47.9 Å². The molecule has 14 heteroatoms. The number of alkyl halides is 1. The molecule has 3 rings (SSSR count). The number of hydrogen-bond donors (Lipinski definition) is 2. The van der Waals surface area contributed by atoms with Crippen molar-refractivity contribution in [2.45, 2.75) is 44.3 Å². The van der Waals surface area contributed by atoms with E-state index in [1.54, 1.807) is 14.2 Å². The van der Waals surface area contributed by atoms with E-state index in [9.17, 15) is 19.1 Å². The van der Waals surface area contributed by atoms with E-state index < -0.39 is 38.7 Å². The number of unbranched alkanes of at least 4 members (excludes halogenated alkanes) is 1. The zero-order chi connectivity index (χ0) is 30.6. The van der Waals surface area contributed by atoms with Crippen LogP contribution in [0.25, 0.3) is 10.8 Å². The minimum Gasteiger partial charge on any atom is -0.496 e. The maximum absolute atomic E-state index is 14.0. The molecule has 0 bridgehead atoms. The maximum atomic E-state index is 14.0. The van der Waals surface area contributed by atoms with Crippen LogP contribution in [0.2, 0.25) is 0 Å². The number of aliphatic hydroxyl groups is 1. The highest BCUT2D eigenvalue weighted by Gasteiger charge is 2.38. The molecule has 2 N–H and O–H groups in total. The first-order valence-electron chi connectivity index (χ1n) is 13.4. The molecule has 1 saturated heterocycles. The Balaban J connectivity index is 1.74. The highest BCUT2D eigenvalue weighted by molar-refractivity contribution is 7.44. The van der Waals surface area contributed by atoms with Gasteiger partial charge in [-0.3, -0.25) is 14.5 Å². The second-order valence-corrected chi connectivity index (χ2v) is 11.5. The van der Waals surface area contributed by atoms with Crippen LogP contribution in [-0.4, -0.2) is 92.8 Å². The lowest BCUT2D eigenvalue weighted by molar-refractivity contribution is -0.128. The predicted molar refractivity (Wildman–Crippen MR) is 158 cm³/mol. The van der Waals surface area contributed by atoms with E-state index in [0.29, 0.717) is 30.3 Å². The van der Waals surface area contributed by atoms with Gasteiger partial charge in [0.15, 0.2) is 0 Å². The van der Waals surface area contributed by atoms with Crippen LogP contribution in [0.15, 0.2) is 42.4 Å². The van der Waals surface area contributed by atoms with Gasteiger partial charge in [0.1, 0.15) is 23.8 Å². The van der Waals surface area contributed by atoms with Gasteiger partial charge in [-0.1, -0.05) is 24.3 Å². The molecule has 2 amide bonds. The van der Waals surface area contributed by atoms with Crippen molar-refractivity contribution in [3.63, 3.8) is 0 Å². The largest absolute Gasteiger partial charge is 0.496 e. The Labute approximate surface area is 251 Å². The molecule has 1 heterocycles. The topological polar surface area (TPSA) is 119 Å². The van der Waals surface area contributed by atoms with Gasteiger partial charge in [-0.05, 0) is 26.0 Å². The third-order valence-electron chi connectivity index (χ3n) is 6.65. The van der Waals surface area contributed by atoms with Gasteiger partial charge in [0, 0.05) is 42.2 Å². The van der Waals surface area contributed by atoms with E-state index in [2.05, 4.69) is 5.32 Å². The summed E-state index contributed by atoms with van der Waals surface area (Å²) in [5, 5.41) is 14.5. The molecule has 0 saturated carbocycles. The summed E-state index contributed by atoms with van der Waals surface area (Å²) in [5.74, 6) is -0.275. The second kappa shape index (κ2) is 16.9. The van der Waals surface area contributed by atoms with E-state index in [4.69, 9.17) is 34.9 Å². The summed E-state index contributed by atoms with van der Waals surface area (Å²) in [5.41, 5.74) is 0.766. The summed E-state index contributed by atoms with van der Waals surface area (Å²) in [4.78, 5) is 23.9. The van der Waals surface area contributed by atoms with Gasteiger partial charge in [-0.15, -0.1) is 11.6 Å². The normalized spacial score (nSPS) is 19.6. The molecule has 2 aromatic rings. The fourth-order valence-corrected chi connectivity index (χ4v) is 5.93. The summed E-state index contributed by atoms with van der Waals surface area (Å²) >= 11 is 5.86. The molecule has 42 heavy (non-hydrogen) atoms. The molecule has 1 aliphatic heterocycles. The summed E-state index contributed by atoms with van der Waals surface area (Å²) in [6, 6.07) is 9.62. The highest BCUT2D eigenvalue weighted by Crippen LogP contribution is 2.45. The lowest BCUT2D eigenvalue weighted by Gasteiger charge is -2.28. The fraction of sp³-hybridized carbons (Fsp3) is 0.500. The van der Waals surface area contributed by atoms with Crippen LogP contribution in [0.5, 0.6) is 11.5 Å². The minimum atomic E-state index is -1.64. The quantitative estimate of drug-likeness (QED) is 0.0878. The smallest absolute Gasteiger partial charge is 0.281 e. The van der Waals surface area contributed by atoms with E-state index in [0.717, 1.165) is 40.3 Å². The van der Waals surface area contributed by atoms with E-state index in [-0.39, 0.29) is 19.6 Å². The third-order valence-corrected chi connectivity index (χ3v) is 8.39. The molecule has 0 aliphatic carbocycles. The number of fused-ring (bicyclic) bond motifs is 1. The first-order chi connectivity index (χ1) is 20.3. The predicted octanol–water partition coefficient (Wildman–Crippen LogP) is 4.06. The van der Waals surface area contributed by atoms with E-state index in [1.165, 1.54) is 7.05 Å². The maximum Gasteiger partial charge on any atom is 0.281 e. The Morgan fingerprint density at radius 1 is 1.24 bits per heavy atom. The molecular formula is C28H38ClFN3O8P. The van der Waals surface area contributed by atoms with Crippen molar-refractivity contribution in [2.75, 3.05) is 47.3 Å². The number of methoxy groups -OCH3 is 2. The molecule has 4 unspecified atom stereocenters. The van der Waals surface area contributed by atoms with E-state index >= 15 is 0 Å². The van der Waals surface area contributed by atoms with Crippen LogP contribution in [0, 0.1) is 0 Å². The highest BCUT2D eigenvalue weighted by atomic mass is 35.5. The third kappa shape index (κ3) is 8.73. The van der Waals surface area contributed by atoms with Crippen LogP contribution in [-0.2, 0) is 30.0 Å². The summed E-state index contributed by atoms with van der Waals surface area (Å²) in [6.45, 7) is 0.737. The molecule has 1 aliphatic rings. The summed E-state index contributed by atoms with van der Waals surface area (Å²) < 4.78 is 45.6. The van der Waals surface area contributed by atoms with Crippen LogP contribution >= 0.6 is 20.1 Å². The number of ether oxygens (including phenoxy) is 3. The number of halogens is 2. The number of carbonyl (C=O) groups is 2. The second-order valence-electron chi connectivity index (χ2n) is 9.44. The van der Waals surface area contributed by atoms with Crippen molar-refractivity contribution in [1.82, 2.24) is 14.9 Å². The average molecular weight is 630 g/mol. The van der Waals surface area contributed by atoms with Gasteiger partial charge >= 0.3 is 0 Å². The number of benzene rings is 2. The molecule has 0 radical (unpaired) electrons. The zero-order valence-electron chi connectivity index (χ0n) is 24.1. The number of aliphatic hydroxyl groups excluding tert-OH is 1. The molecule has 0 aromatic heterocycles. The SMILES string of the molecule is CNC(=O)/C(F)=C\N(C=O)C1CC(O)C(COP(OCc2cc(OC)c3ccccc3c2OC)N(C)CCCCCl)O1.